The molecule has 0 fully saturated rings. The second-order valence-corrected chi connectivity index (χ2v) is 7.20. The van der Waals surface area contributed by atoms with Crippen molar-refractivity contribution in [2.24, 2.45) is 0 Å². The second-order valence-electron chi connectivity index (χ2n) is 6.38. The van der Waals surface area contributed by atoms with Crippen molar-refractivity contribution in [3.63, 3.8) is 0 Å². The number of nitrogens with zero attached hydrogens (tertiary/aromatic N) is 1. The molecule has 0 aliphatic carbocycles. The van der Waals surface area contributed by atoms with Crippen LogP contribution in [0, 0.1) is 4.77 Å². The molecule has 3 rings (SSSR count). The summed E-state index contributed by atoms with van der Waals surface area (Å²) in [6.07, 6.45) is 2.34. The molecule has 28 heavy (non-hydrogen) atoms. The van der Waals surface area contributed by atoms with E-state index in [1.165, 1.54) is 4.57 Å². The lowest BCUT2D eigenvalue weighted by atomic mass is 10.0. The molecule has 5 nitrogen and oxygen atoms in total. The lowest BCUT2D eigenvalue weighted by Gasteiger charge is -2.18. The molecule has 7 heteroatoms. The van der Waals surface area contributed by atoms with E-state index in [0.29, 0.717) is 32.8 Å². The second kappa shape index (κ2) is 8.54. The summed E-state index contributed by atoms with van der Waals surface area (Å²) in [5, 5.41) is 4.14. The quantitative estimate of drug-likeness (QED) is 0.451. The first-order valence-electron chi connectivity index (χ1n) is 8.88. The van der Waals surface area contributed by atoms with Crippen LogP contribution in [0.2, 0.25) is 5.02 Å². The van der Waals surface area contributed by atoms with Crippen molar-refractivity contribution >= 4 is 40.6 Å². The summed E-state index contributed by atoms with van der Waals surface area (Å²) in [5.41, 5.74) is 1.75. The number of benzene rings is 2. The zero-order valence-electron chi connectivity index (χ0n) is 15.4. The van der Waals surface area contributed by atoms with E-state index in [4.69, 9.17) is 23.8 Å². The number of aromatic nitrogens is 2. The van der Waals surface area contributed by atoms with Crippen LogP contribution in [0.4, 0.5) is 0 Å². The third-order valence-corrected chi connectivity index (χ3v) is 5.12. The molecule has 144 valence electrons. The first-order valence-corrected chi connectivity index (χ1v) is 9.67. The van der Waals surface area contributed by atoms with Gasteiger partial charge in [-0.3, -0.25) is 14.2 Å². The Labute approximate surface area is 172 Å². The molecule has 1 atom stereocenters. The first-order chi connectivity index (χ1) is 13.4. The van der Waals surface area contributed by atoms with Crippen LogP contribution in [0.1, 0.15) is 35.3 Å². The Bertz CT molecular complexity index is 1150. The standard InChI is InChI=1S/C21H20ClN3O2S/c1-3-11-25-20(27)16-10-7-14(12-18(16)24-21(25)28)19(26)23-17(4-2)13-5-8-15(22)9-6-13/h3,5-10,12,17H,1,4,11H2,2H3,(H,23,26)(H,24,28)/t17-/m1/s1. The lowest BCUT2D eigenvalue weighted by Crippen LogP contribution is -2.28. The van der Waals surface area contributed by atoms with E-state index in [1.54, 1.807) is 36.4 Å². The highest BCUT2D eigenvalue weighted by atomic mass is 35.5. The summed E-state index contributed by atoms with van der Waals surface area (Å²) in [7, 11) is 0. The van der Waals surface area contributed by atoms with Crippen LogP contribution in [-0.2, 0) is 6.54 Å². The number of allylic oxidation sites excluding steroid dienone is 1. The number of nitrogens with one attached hydrogen (secondary N) is 2. The zero-order valence-corrected chi connectivity index (χ0v) is 16.9. The molecule has 3 aromatic rings. The van der Waals surface area contributed by atoms with Gasteiger partial charge in [0.1, 0.15) is 0 Å². The Hall–Kier alpha value is -2.70. The molecule has 0 radical (unpaired) electrons. The molecular formula is C21H20ClN3O2S. The van der Waals surface area contributed by atoms with Gasteiger partial charge in [-0.1, -0.05) is 36.7 Å². The third kappa shape index (κ3) is 4.08. The van der Waals surface area contributed by atoms with Crippen LogP contribution in [0.15, 0.2) is 59.9 Å². The van der Waals surface area contributed by atoms with Crippen molar-refractivity contribution in [3.8, 4) is 0 Å². The number of hydrogen-bond acceptors (Lipinski definition) is 3. The van der Waals surface area contributed by atoms with E-state index in [2.05, 4.69) is 16.9 Å². The highest BCUT2D eigenvalue weighted by Crippen LogP contribution is 2.20. The van der Waals surface area contributed by atoms with E-state index in [9.17, 15) is 9.59 Å². The Morgan fingerprint density at radius 1 is 1.32 bits per heavy atom. The lowest BCUT2D eigenvalue weighted by molar-refractivity contribution is 0.0935. The number of aromatic amines is 1. The number of carbonyl (C=O) groups is 1. The Balaban J connectivity index is 1.92. The number of rotatable bonds is 6. The Morgan fingerprint density at radius 2 is 2.04 bits per heavy atom. The highest BCUT2D eigenvalue weighted by molar-refractivity contribution is 7.71. The summed E-state index contributed by atoms with van der Waals surface area (Å²) in [6, 6.07) is 12.2. The topological polar surface area (TPSA) is 66.9 Å². The SMILES string of the molecule is C=CCn1c(=S)[nH]c2cc(C(=O)N[C@H](CC)c3ccc(Cl)cc3)ccc2c1=O. The Kier molecular flexibility index (Phi) is 6.11. The molecular weight excluding hydrogens is 394 g/mol. The van der Waals surface area contributed by atoms with Crippen molar-refractivity contribution in [1.29, 1.82) is 0 Å². The Morgan fingerprint density at radius 3 is 2.68 bits per heavy atom. The number of H-pyrrole nitrogens is 1. The van der Waals surface area contributed by atoms with Gasteiger partial charge in [0.2, 0.25) is 0 Å². The normalized spacial score (nSPS) is 11.9. The van der Waals surface area contributed by atoms with Crippen molar-refractivity contribution < 1.29 is 4.79 Å². The van der Waals surface area contributed by atoms with Crippen LogP contribution >= 0.6 is 23.8 Å². The van der Waals surface area contributed by atoms with Crippen LogP contribution in [0.5, 0.6) is 0 Å². The molecule has 0 aliphatic heterocycles. The number of hydrogen-bond donors (Lipinski definition) is 2. The van der Waals surface area contributed by atoms with Crippen molar-refractivity contribution in [1.82, 2.24) is 14.9 Å². The fourth-order valence-corrected chi connectivity index (χ4v) is 3.44. The van der Waals surface area contributed by atoms with Crippen molar-refractivity contribution in [2.45, 2.75) is 25.9 Å². The fourth-order valence-electron chi connectivity index (χ4n) is 3.05. The zero-order chi connectivity index (χ0) is 20.3. The molecule has 0 saturated carbocycles. The maximum Gasteiger partial charge on any atom is 0.262 e. The predicted octanol–water partition coefficient (Wildman–Crippen LogP) is 4.78. The average Bonchev–Trinajstić information content (AvgIpc) is 2.69. The summed E-state index contributed by atoms with van der Waals surface area (Å²) < 4.78 is 1.72. The van der Waals surface area contributed by atoms with Crippen LogP contribution < -0.4 is 10.9 Å². The van der Waals surface area contributed by atoms with Gasteiger partial charge in [-0.15, -0.1) is 6.58 Å². The minimum absolute atomic E-state index is 0.139. The molecule has 0 saturated heterocycles. The largest absolute Gasteiger partial charge is 0.345 e. The summed E-state index contributed by atoms with van der Waals surface area (Å²) >= 11 is 11.2. The summed E-state index contributed by atoms with van der Waals surface area (Å²) in [4.78, 5) is 28.4. The summed E-state index contributed by atoms with van der Waals surface area (Å²) in [5.74, 6) is -0.224. The van der Waals surface area contributed by atoms with Gasteiger partial charge in [-0.25, -0.2) is 0 Å². The van der Waals surface area contributed by atoms with E-state index in [1.807, 2.05) is 19.1 Å². The van der Waals surface area contributed by atoms with Gasteiger partial charge in [-0.05, 0) is 54.5 Å². The molecule has 0 bridgehead atoms. The molecule has 0 aliphatic rings. The molecule has 2 aromatic carbocycles. The molecule has 1 amide bonds. The van der Waals surface area contributed by atoms with Gasteiger partial charge >= 0.3 is 0 Å². The van der Waals surface area contributed by atoms with E-state index in [0.717, 1.165) is 12.0 Å². The summed E-state index contributed by atoms with van der Waals surface area (Å²) in [6.45, 7) is 5.97. The highest BCUT2D eigenvalue weighted by Gasteiger charge is 2.15. The predicted molar refractivity (Wildman–Crippen MR) is 116 cm³/mol. The molecule has 2 N–H and O–H groups in total. The first kappa shape index (κ1) is 20.0. The monoisotopic (exact) mass is 413 g/mol. The van der Waals surface area contributed by atoms with Crippen molar-refractivity contribution in [3.05, 3.63) is 86.4 Å². The van der Waals surface area contributed by atoms with Crippen LogP contribution in [0.3, 0.4) is 0 Å². The van der Waals surface area contributed by atoms with E-state index < -0.39 is 0 Å². The molecule has 0 spiro atoms. The minimum Gasteiger partial charge on any atom is -0.345 e. The number of amides is 1. The van der Waals surface area contributed by atoms with E-state index in [-0.39, 0.29) is 17.5 Å². The van der Waals surface area contributed by atoms with Gasteiger partial charge in [-0.2, -0.15) is 0 Å². The van der Waals surface area contributed by atoms with Crippen molar-refractivity contribution in [2.75, 3.05) is 0 Å². The van der Waals surface area contributed by atoms with E-state index >= 15 is 0 Å². The average molecular weight is 414 g/mol. The molecule has 0 unspecified atom stereocenters. The number of halogens is 1. The maximum atomic E-state index is 12.8. The minimum atomic E-state index is -0.224. The van der Waals surface area contributed by atoms with Gasteiger partial charge in [0.25, 0.3) is 11.5 Å². The number of fused-ring (bicyclic) bond motifs is 1. The van der Waals surface area contributed by atoms with Gasteiger partial charge in [0.05, 0.1) is 16.9 Å². The third-order valence-electron chi connectivity index (χ3n) is 4.54. The van der Waals surface area contributed by atoms with Gasteiger partial charge in [0, 0.05) is 17.1 Å². The van der Waals surface area contributed by atoms with Crippen LogP contribution in [0.25, 0.3) is 10.9 Å². The van der Waals surface area contributed by atoms with Gasteiger partial charge in [0.15, 0.2) is 4.77 Å². The molecule has 1 heterocycles. The fraction of sp³-hybridized carbons (Fsp3) is 0.190. The maximum absolute atomic E-state index is 12.8. The van der Waals surface area contributed by atoms with Crippen LogP contribution in [-0.4, -0.2) is 15.5 Å². The number of carbonyl (C=O) groups excluding carboxylic acids is 1. The molecule has 1 aromatic heterocycles. The van der Waals surface area contributed by atoms with Gasteiger partial charge < -0.3 is 10.3 Å². The smallest absolute Gasteiger partial charge is 0.262 e.